The highest BCUT2D eigenvalue weighted by Crippen LogP contribution is 2.29. The summed E-state index contributed by atoms with van der Waals surface area (Å²) in [7, 11) is 3.61. The quantitative estimate of drug-likeness (QED) is 0.678. The molecule has 0 unspecified atom stereocenters. The Morgan fingerprint density at radius 1 is 1.28 bits per heavy atom. The molecule has 1 aromatic heterocycles. The lowest BCUT2D eigenvalue weighted by molar-refractivity contribution is -0.133. The zero-order chi connectivity index (χ0) is 21.0. The molecule has 8 heteroatoms. The van der Waals surface area contributed by atoms with Crippen molar-refractivity contribution in [3.05, 3.63) is 40.4 Å². The van der Waals surface area contributed by atoms with Gasteiger partial charge in [-0.05, 0) is 49.9 Å². The van der Waals surface area contributed by atoms with Crippen LogP contribution in [0.25, 0.3) is 0 Å². The highest BCUT2D eigenvalue weighted by atomic mass is 32.1. The van der Waals surface area contributed by atoms with Gasteiger partial charge in [0.25, 0.3) is 0 Å². The number of aromatic nitrogens is 1. The molecule has 2 amide bonds. The number of anilines is 2. The molecule has 29 heavy (non-hydrogen) atoms. The van der Waals surface area contributed by atoms with Gasteiger partial charge in [0.2, 0.25) is 11.8 Å². The number of benzene rings is 1. The maximum Gasteiger partial charge on any atom is 0.239 e. The fourth-order valence-corrected chi connectivity index (χ4v) is 4.71. The molecule has 0 aliphatic carbocycles. The summed E-state index contributed by atoms with van der Waals surface area (Å²) < 4.78 is 0. The highest BCUT2D eigenvalue weighted by Gasteiger charge is 2.32. The van der Waals surface area contributed by atoms with E-state index in [0.29, 0.717) is 11.7 Å². The Bertz CT molecular complexity index is 862. The van der Waals surface area contributed by atoms with E-state index in [0.717, 1.165) is 48.5 Å². The Labute approximate surface area is 175 Å². The molecular weight excluding hydrogens is 386 g/mol. The molecule has 1 saturated heterocycles. The van der Waals surface area contributed by atoms with E-state index in [2.05, 4.69) is 15.2 Å². The number of carbonyl (C=O) groups excluding carboxylic acids is 2. The molecule has 0 radical (unpaired) electrons. The number of thiazole rings is 1. The van der Waals surface area contributed by atoms with Crippen LogP contribution in [0.5, 0.6) is 0 Å². The van der Waals surface area contributed by atoms with E-state index < -0.39 is 0 Å². The lowest BCUT2D eigenvalue weighted by atomic mass is 10.1. The van der Waals surface area contributed by atoms with Gasteiger partial charge in [0, 0.05) is 38.1 Å². The van der Waals surface area contributed by atoms with Crippen LogP contribution >= 0.6 is 11.3 Å². The lowest BCUT2D eigenvalue weighted by Crippen LogP contribution is -2.42. The molecule has 0 spiro atoms. The molecule has 0 bridgehead atoms. The molecule has 2 aromatic rings. The third-order valence-electron chi connectivity index (χ3n) is 5.13. The van der Waals surface area contributed by atoms with E-state index in [4.69, 9.17) is 5.73 Å². The molecule has 7 nitrogen and oxygen atoms in total. The Kier molecular flexibility index (Phi) is 6.87. The van der Waals surface area contributed by atoms with Crippen molar-refractivity contribution in [2.24, 2.45) is 0 Å². The average Bonchev–Trinajstić information content (AvgIpc) is 3.27. The smallest absolute Gasteiger partial charge is 0.239 e. The fourth-order valence-electron chi connectivity index (χ4n) is 3.63. The third-order valence-corrected chi connectivity index (χ3v) is 6.13. The van der Waals surface area contributed by atoms with Crippen molar-refractivity contribution >= 4 is 34.0 Å². The maximum absolute atomic E-state index is 12.5. The van der Waals surface area contributed by atoms with Gasteiger partial charge in [0.1, 0.15) is 0 Å². The van der Waals surface area contributed by atoms with E-state index >= 15 is 0 Å². The monoisotopic (exact) mass is 415 g/mol. The normalized spacial score (nSPS) is 16.7. The summed E-state index contributed by atoms with van der Waals surface area (Å²) >= 11 is 1.50. The van der Waals surface area contributed by atoms with Gasteiger partial charge >= 0.3 is 0 Å². The maximum atomic E-state index is 12.5. The molecule has 156 valence electrons. The Morgan fingerprint density at radius 3 is 2.66 bits per heavy atom. The van der Waals surface area contributed by atoms with Crippen molar-refractivity contribution < 1.29 is 9.59 Å². The zero-order valence-corrected chi connectivity index (χ0v) is 18.1. The average molecular weight is 416 g/mol. The third kappa shape index (κ3) is 5.55. The van der Waals surface area contributed by atoms with Crippen molar-refractivity contribution in [2.75, 3.05) is 31.7 Å². The van der Waals surface area contributed by atoms with Crippen LogP contribution in [0.3, 0.4) is 0 Å². The molecule has 1 aliphatic rings. The second-order valence-corrected chi connectivity index (χ2v) is 8.76. The highest BCUT2D eigenvalue weighted by molar-refractivity contribution is 7.15. The SMILES string of the molecule is CC(=O)Nc1nc(CCc2ccc(N)cc2)c(CN2CCC[C@H]2C(=O)N(C)C)s1. The number of likely N-dealkylation sites (tertiary alicyclic amines) is 1. The van der Waals surface area contributed by atoms with Crippen molar-refractivity contribution in [1.82, 2.24) is 14.8 Å². The van der Waals surface area contributed by atoms with Gasteiger partial charge in [-0.25, -0.2) is 4.98 Å². The van der Waals surface area contributed by atoms with Gasteiger partial charge in [0.15, 0.2) is 5.13 Å². The van der Waals surface area contributed by atoms with Crippen LogP contribution in [-0.4, -0.2) is 53.3 Å². The van der Waals surface area contributed by atoms with Crippen molar-refractivity contribution in [3.63, 3.8) is 0 Å². The summed E-state index contributed by atoms with van der Waals surface area (Å²) in [5, 5.41) is 3.43. The first-order valence-electron chi connectivity index (χ1n) is 9.89. The molecule has 3 N–H and O–H groups in total. The number of amides is 2. The van der Waals surface area contributed by atoms with Gasteiger partial charge in [-0.15, -0.1) is 11.3 Å². The van der Waals surface area contributed by atoms with Crippen LogP contribution in [0, 0.1) is 0 Å². The molecule has 1 aliphatic heterocycles. The van der Waals surface area contributed by atoms with Crippen LogP contribution in [0.2, 0.25) is 0 Å². The minimum Gasteiger partial charge on any atom is -0.399 e. The second-order valence-electron chi connectivity index (χ2n) is 7.67. The number of rotatable bonds is 7. The van der Waals surface area contributed by atoms with Crippen molar-refractivity contribution in [3.8, 4) is 0 Å². The minimum absolute atomic E-state index is 0.0822. The number of nitrogens with one attached hydrogen (secondary N) is 1. The van der Waals surface area contributed by atoms with Crippen molar-refractivity contribution in [1.29, 1.82) is 0 Å². The molecule has 1 fully saturated rings. The van der Waals surface area contributed by atoms with Crippen molar-refractivity contribution in [2.45, 2.75) is 45.2 Å². The number of carbonyl (C=O) groups is 2. The fraction of sp³-hybridized carbons (Fsp3) is 0.476. The van der Waals surface area contributed by atoms with Gasteiger partial charge in [-0.1, -0.05) is 12.1 Å². The summed E-state index contributed by atoms with van der Waals surface area (Å²) in [5.74, 6) is 0.0229. The molecule has 2 heterocycles. The van der Waals surface area contributed by atoms with Crippen LogP contribution in [0.15, 0.2) is 24.3 Å². The number of hydrogen-bond acceptors (Lipinski definition) is 6. The van der Waals surface area contributed by atoms with E-state index in [-0.39, 0.29) is 17.9 Å². The number of hydrogen-bond donors (Lipinski definition) is 2. The summed E-state index contributed by atoms with van der Waals surface area (Å²) in [6.45, 7) is 3.06. The standard InChI is InChI=1S/C21H29N5O2S/c1-14(27)23-21-24-17(11-8-15-6-9-16(22)10-7-15)19(29-21)13-26-12-4-5-18(26)20(28)25(2)3/h6-7,9-10,18H,4-5,8,11-13,22H2,1-3H3,(H,23,24,27)/t18-/m0/s1. The number of nitrogens with zero attached hydrogens (tertiary/aromatic N) is 3. The summed E-state index contributed by atoms with van der Waals surface area (Å²) in [6, 6.07) is 7.79. The van der Waals surface area contributed by atoms with E-state index in [9.17, 15) is 9.59 Å². The molecular formula is C21H29N5O2S. The second kappa shape index (κ2) is 9.37. The predicted molar refractivity (Wildman–Crippen MR) is 117 cm³/mol. The van der Waals surface area contributed by atoms with Crippen LogP contribution in [0.1, 0.15) is 35.9 Å². The summed E-state index contributed by atoms with van der Waals surface area (Å²) in [6.07, 6.45) is 3.52. The number of likely N-dealkylation sites (N-methyl/N-ethyl adjacent to an activating group) is 1. The largest absolute Gasteiger partial charge is 0.399 e. The molecule has 1 atom stereocenters. The number of aryl methyl sites for hydroxylation is 2. The zero-order valence-electron chi connectivity index (χ0n) is 17.3. The Morgan fingerprint density at radius 2 is 2.00 bits per heavy atom. The summed E-state index contributed by atoms with van der Waals surface area (Å²) in [5.41, 5.74) is 8.70. The first-order valence-corrected chi connectivity index (χ1v) is 10.7. The van der Waals surface area contributed by atoms with Gasteiger partial charge < -0.3 is 16.0 Å². The first-order chi connectivity index (χ1) is 13.8. The topological polar surface area (TPSA) is 91.6 Å². The Balaban J connectivity index is 1.76. The number of nitrogens with two attached hydrogens (primary N) is 1. The Hall–Kier alpha value is -2.45. The van der Waals surface area contributed by atoms with Crippen LogP contribution < -0.4 is 11.1 Å². The van der Waals surface area contributed by atoms with E-state index in [1.165, 1.54) is 23.8 Å². The number of nitrogen functional groups attached to an aromatic ring is 1. The van der Waals surface area contributed by atoms with E-state index in [1.54, 1.807) is 19.0 Å². The summed E-state index contributed by atoms with van der Waals surface area (Å²) in [4.78, 5) is 33.7. The van der Waals surface area contributed by atoms with Gasteiger partial charge in [-0.3, -0.25) is 14.5 Å². The predicted octanol–water partition coefficient (Wildman–Crippen LogP) is 2.52. The van der Waals surface area contributed by atoms with Crippen LogP contribution in [-0.2, 0) is 29.0 Å². The lowest BCUT2D eigenvalue weighted by Gasteiger charge is -2.25. The van der Waals surface area contributed by atoms with Crippen LogP contribution in [0.4, 0.5) is 10.8 Å². The first kappa shape index (κ1) is 21.3. The molecule has 3 rings (SSSR count). The van der Waals surface area contributed by atoms with Gasteiger partial charge in [-0.2, -0.15) is 0 Å². The molecule has 1 aromatic carbocycles. The van der Waals surface area contributed by atoms with Gasteiger partial charge in [0.05, 0.1) is 11.7 Å². The minimum atomic E-state index is -0.128. The molecule has 0 saturated carbocycles. The van der Waals surface area contributed by atoms with E-state index in [1.807, 2.05) is 24.3 Å².